The van der Waals surface area contributed by atoms with Crippen LogP contribution in [0.25, 0.3) is 11.3 Å². The molecule has 3 aromatic rings. The second-order valence-electron chi connectivity index (χ2n) is 6.63. The Hall–Kier alpha value is -2.56. The summed E-state index contributed by atoms with van der Waals surface area (Å²) in [6, 6.07) is 20.2. The first kappa shape index (κ1) is 16.9. The summed E-state index contributed by atoms with van der Waals surface area (Å²) in [7, 11) is 2.14. The second kappa shape index (κ2) is 6.98. The van der Waals surface area contributed by atoms with Crippen molar-refractivity contribution >= 4 is 28.8 Å². The summed E-state index contributed by atoms with van der Waals surface area (Å²) in [6.45, 7) is 2.74. The fourth-order valence-corrected chi connectivity index (χ4v) is 3.67. The van der Waals surface area contributed by atoms with Gasteiger partial charge in [-0.1, -0.05) is 35.9 Å². The summed E-state index contributed by atoms with van der Waals surface area (Å²) < 4.78 is 0. The van der Waals surface area contributed by atoms with Gasteiger partial charge in [0.25, 0.3) is 0 Å². The van der Waals surface area contributed by atoms with Crippen LogP contribution in [0.2, 0.25) is 5.02 Å². The van der Waals surface area contributed by atoms with E-state index in [1.165, 1.54) is 11.3 Å². The van der Waals surface area contributed by atoms with E-state index < -0.39 is 0 Å². The molecule has 132 valence electrons. The molecule has 2 heterocycles. The van der Waals surface area contributed by atoms with Gasteiger partial charge in [-0.05, 0) is 49.0 Å². The van der Waals surface area contributed by atoms with E-state index >= 15 is 0 Å². The van der Waals surface area contributed by atoms with E-state index in [9.17, 15) is 0 Å². The topological polar surface area (TPSA) is 45.4 Å². The van der Waals surface area contributed by atoms with E-state index in [2.05, 4.69) is 46.1 Å². The molecule has 0 aliphatic carbocycles. The molecule has 1 aromatic heterocycles. The number of anilines is 3. The standard InChI is InChI=1S/C21H21ClN4/c1-25-11-12-26(20-7-3-2-5-17(20)22)19-10-9-15(13-16(19)14-25)18-6-4-8-21(23)24-18/h2-10,13H,11-12,14H2,1H3,(H2,23,24). The molecule has 0 saturated heterocycles. The molecule has 0 bridgehead atoms. The summed E-state index contributed by atoms with van der Waals surface area (Å²) in [6.07, 6.45) is 0. The molecule has 0 saturated carbocycles. The molecule has 2 aromatic carbocycles. The number of hydrogen-bond acceptors (Lipinski definition) is 4. The van der Waals surface area contributed by atoms with E-state index in [0.29, 0.717) is 5.82 Å². The Labute approximate surface area is 158 Å². The van der Waals surface area contributed by atoms with Crippen LogP contribution in [-0.4, -0.2) is 30.0 Å². The zero-order valence-electron chi connectivity index (χ0n) is 14.7. The maximum Gasteiger partial charge on any atom is 0.124 e. The minimum atomic E-state index is 0.534. The zero-order chi connectivity index (χ0) is 18.1. The van der Waals surface area contributed by atoms with Gasteiger partial charge < -0.3 is 15.5 Å². The fourth-order valence-electron chi connectivity index (χ4n) is 3.43. The van der Waals surface area contributed by atoms with Crippen molar-refractivity contribution in [2.45, 2.75) is 6.54 Å². The monoisotopic (exact) mass is 364 g/mol. The molecule has 0 spiro atoms. The summed E-state index contributed by atoms with van der Waals surface area (Å²) in [5.74, 6) is 0.534. The fraction of sp³-hybridized carbons (Fsp3) is 0.190. The molecule has 0 unspecified atom stereocenters. The van der Waals surface area contributed by atoms with E-state index in [1.807, 2.05) is 30.3 Å². The molecule has 1 aliphatic heterocycles. The van der Waals surface area contributed by atoms with Crippen LogP contribution in [0.4, 0.5) is 17.2 Å². The quantitative estimate of drug-likeness (QED) is 0.723. The predicted octanol–water partition coefficient (Wildman–Crippen LogP) is 4.57. The lowest BCUT2D eigenvalue weighted by Crippen LogP contribution is -2.26. The van der Waals surface area contributed by atoms with E-state index in [4.69, 9.17) is 17.3 Å². The first-order valence-corrected chi connectivity index (χ1v) is 9.06. The highest BCUT2D eigenvalue weighted by molar-refractivity contribution is 6.33. The van der Waals surface area contributed by atoms with Crippen molar-refractivity contribution < 1.29 is 0 Å². The number of fused-ring (bicyclic) bond motifs is 1. The number of hydrogen-bond donors (Lipinski definition) is 1. The minimum Gasteiger partial charge on any atom is -0.384 e. The van der Waals surface area contributed by atoms with Crippen molar-refractivity contribution in [2.75, 3.05) is 30.8 Å². The number of para-hydroxylation sites is 1. The largest absolute Gasteiger partial charge is 0.384 e. The maximum atomic E-state index is 6.48. The van der Waals surface area contributed by atoms with Crippen molar-refractivity contribution in [2.24, 2.45) is 0 Å². The predicted molar refractivity (Wildman–Crippen MR) is 109 cm³/mol. The molecule has 2 N–H and O–H groups in total. The summed E-state index contributed by atoms with van der Waals surface area (Å²) in [5, 5.41) is 0.768. The third-order valence-corrected chi connectivity index (χ3v) is 5.05. The zero-order valence-corrected chi connectivity index (χ0v) is 15.4. The second-order valence-corrected chi connectivity index (χ2v) is 7.04. The Morgan fingerprint density at radius 1 is 0.962 bits per heavy atom. The number of likely N-dealkylation sites (N-methyl/N-ethyl adjacent to an activating group) is 1. The van der Waals surface area contributed by atoms with Crippen molar-refractivity contribution in [3.63, 3.8) is 0 Å². The van der Waals surface area contributed by atoms with Crippen LogP contribution in [-0.2, 0) is 6.54 Å². The number of nitrogens with zero attached hydrogens (tertiary/aromatic N) is 3. The van der Waals surface area contributed by atoms with Gasteiger partial charge in [0.1, 0.15) is 5.82 Å². The van der Waals surface area contributed by atoms with Gasteiger partial charge in [0.15, 0.2) is 0 Å². The van der Waals surface area contributed by atoms with Gasteiger partial charge in [0.05, 0.1) is 16.4 Å². The summed E-state index contributed by atoms with van der Waals surface area (Å²) in [5.41, 5.74) is 11.3. The smallest absolute Gasteiger partial charge is 0.124 e. The van der Waals surface area contributed by atoms with E-state index in [1.54, 1.807) is 6.07 Å². The summed E-state index contributed by atoms with van der Waals surface area (Å²) in [4.78, 5) is 9.08. The Kier molecular flexibility index (Phi) is 4.53. The van der Waals surface area contributed by atoms with Gasteiger partial charge in [-0.25, -0.2) is 4.98 Å². The van der Waals surface area contributed by atoms with Crippen LogP contribution in [0.5, 0.6) is 0 Å². The maximum absolute atomic E-state index is 6.48. The average molecular weight is 365 g/mol. The number of nitrogen functional groups attached to an aromatic ring is 1. The Morgan fingerprint density at radius 2 is 1.81 bits per heavy atom. The molecule has 4 rings (SSSR count). The molecule has 0 atom stereocenters. The number of benzene rings is 2. The number of rotatable bonds is 2. The molecule has 5 heteroatoms. The summed E-state index contributed by atoms with van der Waals surface area (Å²) >= 11 is 6.48. The lowest BCUT2D eigenvalue weighted by atomic mass is 10.0. The lowest BCUT2D eigenvalue weighted by molar-refractivity contribution is 0.343. The molecule has 4 nitrogen and oxygen atoms in total. The Morgan fingerprint density at radius 3 is 2.62 bits per heavy atom. The number of nitrogens with two attached hydrogens (primary N) is 1. The molecule has 1 aliphatic rings. The highest BCUT2D eigenvalue weighted by atomic mass is 35.5. The normalized spacial score (nSPS) is 14.8. The SMILES string of the molecule is CN1CCN(c2ccccc2Cl)c2ccc(-c3cccc(N)n3)cc2C1. The van der Waals surface area contributed by atoms with Gasteiger partial charge in [-0.3, -0.25) is 0 Å². The van der Waals surface area contributed by atoms with Crippen LogP contribution in [0.1, 0.15) is 5.56 Å². The van der Waals surface area contributed by atoms with Crippen LogP contribution < -0.4 is 10.6 Å². The van der Waals surface area contributed by atoms with Gasteiger partial charge >= 0.3 is 0 Å². The van der Waals surface area contributed by atoms with Crippen LogP contribution in [0, 0.1) is 0 Å². The van der Waals surface area contributed by atoms with Crippen LogP contribution in [0.3, 0.4) is 0 Å². The van der Waals surface area contributed by atoms with Gasteiger partial charge in [0, 0.05) is 30.9 Å². The van der Waals surface area contributed by atoms with E-state index in [-0.39, 0.29) is 0 Å². The van der Waals surface area contributed by atoms with Gasteiger partial charge in [-0.2, -0.15) is 0 Å². The minimum absolute atomic E-state index is 0.534. The number of aromatic nitrogens is 1. The van der Waals surface area contributed by atoms with Gasteiger partial charge in [0.2, 0.25) is 0 Å². The molecular formula is C21H21ClN4. The average Bonchev–Trinajstić information content (AvgIpc) is 2.80. The molecule has 26 heavy (non-hydrogen) atoms. The third-order valence-electron chi connectivity index (χ3n) is 4.73. The number of halogens is 1. The van der Waals surface area contributed by atoms with Crippen molar-refractivity contribution in [3.8, 4) is 11.3 Å². The van der Waals surface area contributed by atoms with Crippen molar-refractivity contribution in [3.05, 3.63) is 71.2 Å². The van der Waals surface area contributed by atoms with Crippen molar-refractivity contribution in [1.82, 2.24) is 9.88 Å². The van der Waals surface area contributed by atoms with E-state index in [0.717, 1.165) is 41.6 Å². The highest BCUT2D eigenvalue weighted by Crippen LogP contribution is 2.37. The lowest BCUT2D eigenvalue weighted by Gasteiger charge is -2.26. The first-order valence-electron chi connectivity index (χ1n) is 8.68. The molecular weight excluding hydrogens is 344 g/mol. The highest BCUT2D eigenvalue weighted by Gasteiger charge is 2.21. The number of pyridine rings is 1. The molecule has 0 fully saturated rings. The Bertz CT molecular complexity index is 941. The van der Waals surface area contributed by atoms with Crippen LogP contribution in [0.15, 0.2) is 60.7 Å². The van der Waals surface area contributed by atoms with Gasteiger partial charge in [-0.15, -0.1) is 0 Å². The van der Waals surface area contributed by atoms with Crippen LogP contribution >= 0.6 is 11.6 Å². The Balaban J connectivity index is 1.81. The molecule has 0 radical (unpaired) electrons. The van der Waals surface area contributed by atoms with Crippen molar-refractivity contribution in [1.29, 1.82) is 0 Å². The third kappa shape index (κ3) is 3.26. The molecule has 0 amide bonds. The first-order chi connectivity index (χ1) is 12.6.